The first kappa shape index (κ1) is 11.2. The summed E-state index contributed by atoms with van der Waals surface area (Å²) in [6, 6.07) is 0.557. The maximum Gasteiger partial charge on any atom is 0.298 e. The fourth-order valence-electron chi connectivity index (χ4n) is 2.26. The molecule has 3 heterocycles. The molecule has 7 heteroatoms. The molecule has 0 aromatic carbocycles. The SMILES string of the molecule is COc1nc2c(N3CCNCC3)ncnc2n1C. The van der Waals surface area contributed by atoms with Crippen LogP contribution in [0.15, 0.2) is 6.33 Å². The van der Waals surface area contributed by atoms with E-state index >= 15 is 0 Å². The maximum absolute atomic E-state index is 5.23. The van der Waals surface area contributed by atoms with E-state index in [4.69, 9.17) is 4.74 Å². The zero-order valence-electron chi connectivity index (χ0n) is 10.6. The van der Waals surface area contributed by atoms with Gasteiger partial charge in [-0.3, -0.25) is 4.57 Å². The lowest BCUT2D eigenvalue weighted by Gasteiger charge is -2.28. The Hall–Kier alpha value is -1.89. The number of anilines is 1. The van der Waals surface area contributed by atoms with Crippen molar-refractivity contribution in [1.29, 1.82) is 0 Å². The highest BCUT2D eigenvalue weighted by atomic mass is 16.5. The number of hydrogen-bond acceptors (Lipinski definition) is 6. The van der Waals surface area contributed by atoms with Crippen LogP contribution in [0.3, 0.4) is 0 Å². The first-order chi connectivity index (χ1) is 8.81. The predicted octanol–water partition coefficient (Wildman–Crippen LogP) is -0.218. The first-order valence-corrected chi connectivity index (χ1v) is 5.98. The van der Waals surface area contributed by atoms with Crippen LogP contribution in [0, 0.1) is 0 Å². The number of nitrogens with one attached hydrogen (secondary N) is 1. The molecule has 3 rings (SSSR count). The Kier molecular flexibility index (Phi) is 2.75. The number of methoxy groups -OCH3 is 1. The Morgan fingerprint density at radius 2 is 2.06 bits per heavy atom. The molecule has 0 saturated carbocycles. The van der Waals surface area contributed by atoms with Crippen LogP contribution in [0.4, 0.5) is 5.82 Å². The molecule has 2 aromatic heterocycles. The number of ether oxygens (including phenoxy) is 1. The smallest absolute Gasteiger partial charge is 0.298 e. The molecule has 7 nitrogen and oxygen atoms in total. The second-order valence-electron chi connectivity index (χ2n) is 4.26. The third-order valence-electron chi connectivity index (χ3n) is 3.19. The monoisotopic (exact) mass is 248 g/mol. The summed E-state index contributed by atoms with van der Waals surface area (Å²) >= 11 is 0. The number of piperazine rings is 1. The molecule has 2 aromatic rings. The average molecular weight is 248 g/mol. The molecular formula is C11H16N6O. The summed E-state index contributed by atoms with van der Waals surface area (Å²) < 4.78 is 7.06. The maximum atomic E-state index is 5.23. The number of hydrogen-bond donors (Lipinski definition) is 1. The lowest BCUT2D eigenvalue weighted by molar-refractivity contribution is 0.368. The third kappa shape index (κ3) is 1.67. The first-order valence-electron chi connectivity index (χ1n) is 5.98. The number of nitrogens with zero attached hydrogens (tertiary/aromatic N) is 5. The van der Waals surface area contributed by atoms with E-state index in [2.05, 4.69) is 25.2 Å². The van der Waals surface area contributed by atoms with Gasteiger partial charge in [-0.1, -0.05) is 0 Å². The summed E-state index contributed by atoms with van der Waals surface area (Å²) in [6.45, 7) is 3.81. The standard InChI is InChI=1S/C11H16N6O/c1-16-9-8(15-11(16)18-2)10(14-7-13-9)17-5-3-12-4-6-17/h7,12H,3-6H2,1-2H3. The topological polar surface area (TPSA) is 68.1 Å². The van der Waals surface area contributed by atoms with Crippen molar-refractivity contribution in [2.24, 2.45) is 7.05 Å². The molecule has 0 aliphatic carbocycles. The third-order valence-corrected chi connectivity index (χ3v) is 3.19. The second-order valence-corrected chi connectivity index (χ2v) is 4.26. The molecule has 18 heavy (non-hydrogen) atoms. The van der Waals surface area contributed by atoms with Crippen LogP contribution >= 0.6 is 0 Å². The number of aryl methyl sites for hydroxylation is 1. The van der Waals surface area contributed by atoms with E-state index in [0.717, 1.165) is 43.2 Å². The van der Waals surface area contributed by atoms with Crippen LogP contribution in [0.1, 0.15) is 0 Å². The van der Waals surface area contributed by atoms with E-state index in [-0.39, 0.29) is 0 Å². The molecule has 0 bridgehead atoms. The van der Waals surface area contributed by atoms with Gasteiger partial charge in [0, 0.05) is 33.2 Å². The van der Waals surface area contributed by atoms with E-state index in [0.29, 0.717) is 6.01 Å². The second kappa shape index (κ2) is 4.41. The van der Waals surface area contributed by atoms with Gasteiger partial charge >= 0.3 is 0 Å². The van der Waals surface area contributed by atoms with E-state index in [9.17, 15) is 0 Å². The van der Waals surface area contributed by atoms with Crippen molar-refractivity contribution >= 4 is 17.0 Å². The fraction of sp³-hybridized carbons (Fsp3) is 0.545. The summed E-state index contributed by atoms with van der Waals surface area (Å²) in [4.78, 5) is 15.3. The highest BCUT2D eigenvalue weighted by molar-refractivity contribution is 5.84. The minimum atomic E-state index is 0.557. The van der Waals surface area contributed by atoms with Crippen molar-refractivity contribution in [2.75, 3.05) is 38.2 Å². The number of rotatable bonds is 2. The van der Waals surface area contributed by atoms with Gasteiger partial charge in [0.1, 0.15) is 6.33 Å². The Morgan fingerprint density at radius 3 is 2.78 bits per heavy atom. The van der Waals surface area contributed by atoms with Gasteiger partial charge in [-0.15, -0.1) is 0 Å². The van der Waals surface area contributed by atoms with Gasteiger partial charge < -0.3 is 15.0 Å². The van der Waals surface area contributed by atoms with Crippen LogP contribution in [-0.4, -0.2) is 52.8 Å². The van der Waals surface area contributed by atoms with Crippen LogP contribution in [-0.2, 0) is 7.05 Å². The van der Waals surface area contributed by atoms with Crippen molar-refractivity contribution in [1.82, 2.24) is 24.8 Å². The normalized spacial score (nSPS) is 16.2. The quantitative estimate of drug-likeness (QED) is 0.792. The lowest BCUT2D eigenvalue weighted by atomic mass is 10.3. The minimum absolute atomic E-state index is 0.557. The molecule has 1 aliphatic heterocycles. The van der Waals surface area contributed by atoms with Gasteiger partial charge in [-0.25, -0.2) is 9.97 Å². The van der Waals surface area contributed by atoms with Crippen LogP contribution < -0.4 is 15.0 Å². The summed E-state index contributed by atoms with van der Waals surface area (Å²) in [5.74, 6) is 0.889. The van der Waals surface area contributed by atoms with Crippen molar-refractivity contribution in [2.45, 2.75) is 0 Å². The predicted molar refractivity (Wildman–Crippen MR) is 67.9 cm³/mol. The molecule has 0 radical (unpaired) electrons. The molecule has 1 saturated heterocycles. The molecule has 0 amide bonds. The zero-order valence-corrected chi connectivity index (χ0v) is 10.6. The van der Waals surface area contributed by atoms with E-state index < -0.39 is 0 Å². The van der Waals surface area contributed by atoms with Crippen molar-refractivity contribution < 1.29 is 4.74 Å². The van der Waals surface area contributed by atoms with Gasteiger partial charge in [0.25, 0.3) is 6.01 Å². The minimum Gasteiger partial charge on any atom is -0.468 e. The Morgan fingerprint density at radius 1 is 1.28 bits per heavy atom. The summed E-state index contributed by atoms with van der Waals surface area (Å²) in [5, 5.41) is 3.32. The van der Waals surface area contributed by atoms with E-state index in [1.165, 1.54) is 0 Å². The molecule has 1 fully saturated rings. The molecule has 1 N–H and O–H groups in total. The van der Waals surface area contributed by atoms with Gasteiger partial charge in [0.2, 0.25) is 0 Å². The molecule has 0 spiro atoms. The highest BCUT2D eigenvalue weighted by Gasteiger charge is 2.19. The van der Waals surface area contributed by atoms with Crippen LogP contribution in [0.5, 0.6) is 6.01 Å². The Bertz CT molecular complexity index is 560. The number of aromatic nitrogens is 4. The van der Waals surface area contributed by atoms with Crippen LogP contribution in [0.25, 0.3) is 11.2 Å². The number of fused-ring (bicyclic) bond motifs is 1. The van der Waals surface area contributed by atoms with E-state index in [1.807, 2.05) is 11.6 Å². The highest BCUT2D eigenvalue weighted by Crippen LogP contribution is 2.25. The number of imidazole rings is 1. The molecule has 0 atom stereocenters. The van der Waals surface area contributed by atoms with E-state index in [1.54, 1.807) is 13.4 Å². The fourth-order valence-corrected chi connectivity index (χ4v) is 2.26. The molecule has 96 valence electrons. The summed E-state index contributed by atoms with van der Waals surface area (Å²) in [5.41, 5.74) is 1.61. The average Bonchev–Trinajstić information content (AvgIpc) is 2.77. The molecule has 1 aliphatic rings. The summed E-state index contributed by atoms with van der Waals surface area (Å²) in [7, 11) is 3.50. The van der Waals surface area contributed by atoms with Gasteiger partial charge in [-0.2, -0.15) is 4.98 Å². The summed E-state index contributed by atoms with van der Waals surface area (Å²) in [6.07, 6.45) is 1.58. The molecule has 0 unspecified atom stereocenters. The van der Waals surface area contributed by atoms with Gasteiger partial charge in [0.05, 0.1) is 7.11 Å². The van der Waals surface area contributed by atoms with Crippen LogP contribution in [0.2, 0.25) is 0 Å². The van der Waals surface area contributed by atoms with Crippen molar-refractivity contribution in [3.8, 4) is 6.01 Å². The Labute approximate surface area is 105 Å². The van der Waals surface area contributed by atoms with Crippen molar-refractivity contribution in [3.05, 3.63) is 6.33 Å². The zero-order chi connectivity index (χ0) is 12.5. The lowest BCUT2D eigenvalue weighted by Crippen LogP contribution is -2.44. The largest absolute Gasteiger partial charge is 0.468 e. The Balaban J connectivity index is 2.11. The van der Waals surface area contributed by atoms with Gasteiger partial charge in [0.15, 0.2) is 17.0 Å². The van der Waals surface area contributed by atoms with Gasteiger partial charge in [-0.05, 0) is 0 Å². The van der Waals surface area contributed by atoms with Crippen molar-refractivity contribution in [3.63, 3.8) is 0 Å². The molecular weight excluding hydrogens is 232 g/mol.